The van der Waals surface area contributed by atoms with Gasteiger partial charge in [-0.05, 0) is 81.2 Å². The molecule has 0 aliphatic rings. The number of hydrogen-bond donors (Lipinski definition) is 1. The fourth-order valence-electron chi connectivity index (χ4n) is 4.34. The molecule has 0 aliphatic heterocycles. The molecule has 0 saturated carbocycles. The molecule has 0 fully saturated rings. The van der Waals surface area contributed by atoms with E-state index in [1.807, 2.05) is 24.3 Å². The monoisotopic (exact) mass is 660 g/mol. The maximum Gasteiger partial charge on any atom is 0.343 e. The van der Waals surface area contributed by atoms with Crippen molar-refractivity contribution >= 4 is 50.0 Å². The Morgan fingerprint density at radius 2 is 1.69 bits per heavy atom. The van der Waals surface area contributed by atoms with Gasteiger partial charge in [0, 0.05) is 10.0 Å². The second kappa shape index (κ2) is 12.9. The van der Waals surface area contributed by atoms with Crippen LogP contribution in [0.25, 0.3) is 0 Å². The molecule has 1 amide bonds. The molecule has 0 heterocycles. The van der Waals surface area contributed by atoms with Gasteiger partial charge in [0.1, 0.15) is 11.6 Å². The van der Waals surface area contributed by atoms with Gasteiger partial charge in [-0.2, -0.15) is 5.10 Å². The highest BCUT2D eigenvalue weighted by molar-refractivity contribution is 9.11. The van der Waals surface area contributed by atoms with Crippen LogP contribution in [0, 0.1) is 11.2 Å². The Hall–Kier alpha value is -3.04. The molecule has 6 nitrogen and oxygen atoms in total. The first-order valence-corrected chi connectivity index (χ1v) is 13.8. The molecule has 0 atom stereocenters. The van der Waals surface area contributed by atoms with E-state index < -0.39 is 17.7 Å². The lowest BCUT2D eigenvalue weighted by atomic mass is 9.72. The maximum absolute atomic E-state index is 13.5. The zero-order valence-electron chi connectivity index (χ0n) is 22.5. The van der Waals surface area contributed by atoms with E-state index in [2.05, 4.69) is 77.0 Å². The van der Waals surface area contributed by atoms with E-state index in [1.165, 1.54) is 30.0 Å². The van der Waals surface area contributed by atoms with Crippen molar-refractivity contribution in [1.29, 1.82) is 0 Å². The van der Waals surface area contributed by atoms with Gasteiger partial charge in [-0.15, -0.1) is 0 Å². The minimum Gasteiger partial charge on any atom is -0.484 e. The highest BCUT2D eigenvalue weighted by atomic mass is 79.9. The number of hydrazone groups is 1. The van der Waals surface area contributed by atoms with Crippen LogP contribution >= 0.6 is 31.9 Å². The van der Waals surface area contributed by atoms with E-state index in [0.717, 1.165) is 12.5 Å². The van der Waals surface area contributed by atoms with Gasteiger partial charge in [0.05, 0.1) is 16.3 Å². The molecular weight excluding hydrogens is 631 g/mol. The smallest absolute Gasteiger partial charge is 0.343 e. The number of halogens is 3. The van der Waals surface area contributed by atoms with E-state index >= 15 is 0 Å². The lowest BCUT2D eigenvalue weighted by Gasteiger charge is -2.33. The Bertz CT molecular complexity index is 1370. The van der Waals surface area contributed by atoms with Crippen molar-refractivity contribution in [3.8, 4) is 11.5 Å². The molecule has 3 rings (SSSR count). The Morgan fingerprint density at radius 1 is 1.00 bits per heavy atom. The summed E-state index contributed by atoms with van der Waals surface area (Å²) in [5, 5.41) is 3.97. The van der Waals surface area contributed by atoms with E-state index in [9.17, 15) is 14.0 Å². The zero-order valence-corrected chi connectivity index (χ0v) is 25.7. The molecule has 39 heavy (non-hydrogen) atoms. The summed E-state index contributed by atoms with van der Waals surface area (Å²) >= 11 is 6.75. The average Bonchev–Trinajstić information content (AvgIpc) is 2.83. The van der Waals surface area contributed by atoms with Gasteiger partial charge < -0.3 is 9.47 Å². The number of amides is 1. The highest BCUT2D eigenvalue weighted by Gasteiger charge is 2.27. The number of nitrogens with one attached hydrogen (secondary N) is 1. The SMILES string of the molecule is CC(C)(C)CC(C)(C)c1ccc(OCC(=O)N/N=C/c2cc(Br)cc(Br)c2OC(=O)c2cccc(F)c2)cc1. The fraction of sp³-hybridized carbons (Fsp3) is 0.300. The number of nitrogens with zero attached hydrogens (tertiary/aromatic N) is 1. The molecule has 0 bridgehead atoms. The predicted molar refractivity (Wildman–Crippen MR) is 158 cm³/mol. The molecule has 0 aliphatic carbocycles. The van der Waals surface area contributed by atoms with Crippen LogP contribution in [0.15, 0.2) is 74.7 Å². The van der Waals surface area contributed by atoms with Crippen molar-refractivity contribution in [2.24, 2.45) is 10.5 Å². The second-order valence-electron chi connectivity index (χ2n) is 10.9. The third-order valence-corrected chi connectivity index (χ3v) is 6.71. The quantitative estimate of drug-likeness (QED) is 0.110. The molecular formula is C30H31Br2FN2O4. The van der Waals surface area contributed by atoms with Crippen molar-refractivity contribution in [3.05, 3.63) is 92.1 Å². The van der Waals surface area contributed by atoms with Gasteiger partial charge in [-0.1, -0.05) is 68.7 Å². The summed E-state index contributed by atoms with van der Waals surface area (Å²) in [5.74, 6) is -1.01. The van der Waals surface area contributed by atoms with Crippen molar-refractivity contribution in [3.63, 3.8) is 0 Å². The number of ether oxygens (including phenoxy) is 2. The topological polar surface area (TPSA) is 77.0 Å². The Balaban J connectivity index is 1.61. The van der Waals surface area contributed by atoms with E-state index in [4.69, 9.17) is 9.47 Å². The van der Waals surface area contributed by atoms with E-state index in [0.29, 0.717) is 20.3 Å². The van der Waals surface area contributed by atoms with E-state index in [1.54, 1.807) is 12.1 Å². The Kier molecular flexibility index (Phi) is 10.1. The van der Waals surface area contributed by atoms with Gasteiger partial charge in [0.2, 0.25) is 0 Å². The molecule has 0 aromatic heterocycles. The summed E-state index contributed by atoms with van der Waals surface area (Å²) in [6.07, 6.45) is 2.37. The number of carbonyl (C=O) groups is 2. The predicted octanol–water partition coefficient (Wildman–Crippen LogP) is 7.81. The van der Waals surface area contributed by atoms with Gasteiger partial charge >= 0.3 is 5.97 Å². The van der Waals surface area contributed by atoms with Gasteiger partial charge in [0.25, 0.3) is 5.91 Å². The van der Waals surface area contributed by atoms with Crippen LogP contribution in [0.2, 0.25) is 0 Å². The van der Waals surface area contributed by atoms with Crippen LogP contribution in [0.5, 0.6) is 11.5 Å². The standard InChI is InChI=1S/C30H31Br2FN2O4/c1-29(2,3)18-30(4,5)21-9-11-24(12-10-21)38-17-26(36)35-34-16-20-13-22(31)15-25(32)27(20)39-28(37)19-7-6-8-23(33)14-19/h6-16H,17-18H2,1-5H3,(H,35,36)/b34-16+. The van der Waals surface area contributed by atoms with Crippen LogP contribution in [0.3, 0.4) is 0 Å². The lowest BCUT2D eigenvalue weighted by molar-refractivity contribution is -0.123. The summed E-state index contributed by atoms with van der Waals surface area (Å²) in [7, 11) is 0. The van der Waals surface area contributed by atoms with Gasteiger partial charge in [-0.25, -0.2) is 14.6 Å². The summed E-state index contributed by atoms with van der Waals surface area (Å²) in [4.78, 5) is 24.9. The molecule has 206 valence electrons. The lowest BCUT2D eigenvalue weighted by Crippen LogP contribution is -2.25. The molecule has 0 spiro atoms. The molecule has 0 unspecified atom stereocenters. The minimum atomic E-state index is -0.738. The zero-order chi connectivity index (χ0) is 28.8. The van der Waals surface area contributed by atoms with Gasteiger partial charge in [-0.3, -0.25) is 4.79 Å². The number of carbonyl (C=O) groups excluding carboxylic acids is 2. The van der Waals surface area contributed by atoms with Crippen LogP contribution in [-0.4, -0.2) is 24.7 Å². The number of rotatable bonds is 9. The normalized spacial score (nSPS) is 11.9. The van der Waals surface area contributed by atoms with Crippen LogP contribution in [0.4, 0.5) is 4.39 Å². The van der Waals surface area contributed by atoms with Crippen molar-refractivity contribution in [2.75, 3.05) is 6.61 Å². The molecule has 0 radical (unpaired) electrons. The maximum atomic E-state index is 13.5. The largest absolute Gasteiger partial charge is 0.484 e. The number of hydrogen-bond acceptors (Lipinski definition) is 5. The third-order valence-electron chi connectivity index (χ3n) is 5.66. The number of esters is 1. The average molecular weight is 662 g/mol. The summed E-state index contributed by atoms with van der Waals surface area (Å²) in [6, 6.07) is 16.3. The van der Waals surface area contributed by atoms with Crippen LogP contribution in [-0.2, 0) is 10.2 Å². The fourth-order valence-corrected chi connectivity index (χ4v) is 5.68. The van der Waals surface area contributed by atoms with Gasteiger partial charge in [0.15, 0.2) is 12.4 Å². The molecule has 1 N–H and O–H groups in total. The first-order valence-electron chi connectivity index (χ1n) is 12.3. The van der Waals surface area contributed by atoms with E-state index in [-0.39, 0.29) is 28.7 Å². The molecule has 0 saturated heterocycles. The summed E-state index contributed by atoms with van der Waals surface area (Å²) in [6.45, 7) is 10.9. The molecule has 9 heteroatoms. The molecule has 3 aromatic rings. The van der Waals surface area contributed by atoms with Crippen molar-refractivity contribution < 1.29 is 23.5 Å². The Labute approximate surface area is 245 Å². The highest BCUT2D eigenvalue weighted by Crippen LogP contribution is 2.37. The van der Waals surface area contributed by atoms with Crippen molar-refractivity contribution in [1.82, 2.24) is 5.43 Å². The first kappa shape index (κ1) is 30.5. The minimum absolute atomic E-state index is 0.00869. The third kappa shape index (κ3) is 9.28. The number of benzene rings is 3. The first-order chi connectivity index (χ1) is 18.2. The van der Waals surface area contributed by atoms with Crippen molar-refractivity contribution in [2.45, 2.75) is 46.5 Å². The summed E-state index contributed by atoms with van der Waals surface area (Å²) in [5.41, 5.74) is 4.28. The van der Waals surface area contributed by atoms with Crippen LogP contribution in [0.1, 0.15) is 62.5 Å². The summed E-state index contributed by atoms with van der Waals surface area (Å²) < 4.78 is 25.8. The molecule has 3 aromatic carbocycles. The second-order valence-corrected chi connectivity index (χ2v) is 12.7. The Morgan fingerprint density at radius 3 is 2.33 bits per heavy atom. The van der Waals surface area contributed by atoms with Crippen LogP contribution < -0.4 is 14.9 Å².